The lowest BCUT2D eigenvalue weighted by atomic mass is 9.85. The van der Waals surface area contributed by atoms with Crippen LogP contribution in [0.2, 0.25) is 0 Å². The van der Waals surface area contributed by atoms with Gasteiger partial charge in [-0.25, -0.2) is 0 Å². The fourth-order valence-electron chi connectivity index (χ4n) is 1.97. The molecule has 0 saturated heterocycles. The molecule has 1 N–H and O–H groups in total. The lowest BCUT2D eigenvalue weighted by Crippen LogP contribution is -2.39. The van der Waals surface area contributed by atoms with Crippen molar-refractivity contribution in [1.29, 1.82) is 0 Å². The van der Waals surface area contributed by atoms with Gasteiger partial charge in [-0.05, 0) is 18.8 Å². The zero-order valence-electron chi connectivity index (χ0n) is 7.52. The molecule has 1 unspecified atom stereocenters. The molecule has 4 heteroatoms. The van der Waals surface area contributed by atoms with Gasteiger partial charge in [0.05, 0.1) is 0 Å². The highest BCUT2D eigenvalue weighted by atomic mass is 35.7. The van der Waals surface area contributed by atoms with Crippen molar-refractivity contribution in [2.75, 3.05) is 0 Å². The minimum atomic E-state index is -1.60. The van der Waals surface area contributed by atoms with Crippen LogP contribution in [0.25, 0.3) is 0 Å². The Kier molecular flexibility index (Phi) is 4.95. The van der Waals surface area contributed by atoms with Gasteiger partial charge in [-0.2, -0.15) is 0 Å². The average Bonchev–Trinajstić information content (AvgIpc) is 2.05. The summed E-state index contributed by atoms with van der Waals surface area (Å²) in [6, 6.07) is 0.525. The summed E-state index contributed by atoms with van der Waals surface area (Å²) in [5.74, 6) is 0.811. The molecule has 1 nitrogen and oxygen atoms in total. The molecule has 12 heavy (non-hydrogen) atoms. The lowest BCUT2D eigenvalue weighted by molar-refractivity contribution is 0.304. The van der Waals surface area contributed by atoms with E-state index in [0.29, 0.717) is 6.04 Å². The minimum Gasteiger partial charge on any atom is -0.313 e. The van der Waals surface area contributed by atoms with Crippen LogP contribution in [-0.4, -0.2) is 13.6 Å². The third-order valence-electron chi connectivity index (χ3n) is 2.75. The summed E-state index contributed by atoms with van der Waals surface area (Å²) in [7, 11) is -1.60. The molecule has 0 heterocycles. The first-order valence-corrected chi connectivity index (χ1v) is 8.81. The van der Waals surface area contributed by atoms with E-state index in [1.165, 1.54) is 32.1 Å². The van der Waals surface area contributed by atoms with Crippen molar-refractivity contribution in [2.45, 2.75) is 45.1 Å². The molecule has 1 fully saturated rings. The van der Waals surface area contributed by atoms with Gasteiger partial charge in [0, 0.05) is 6.04 Å². The fraction of sp³-hybridized carbons (Fsp3) is 1.00. The van der Waals surface area contributed by atoms with Gasteiger partial charge in [-0.3, -0.25) is 0 Å². The largest absolute Gasteiger partial charge is 0.313 e. The van der Waals surface area contributed by atoms with Gasteiger partial charge < -0.3 is 4.98 Å². The summed E-state index contributed by atoms with van der Waals surface area (Å²) < 4.78 is 0. The Bertz CT molecular complexity index is 126. The second-order valence-corrected chi connectivity index (χ2v) is 7.88. The Labute approximate surface area is 85.9 Å². The Balaban J connectivity index is 2.24. The zero-order chi connectivity index (χ0) is 8.97. The summed E-state index contributed by atoms with van der Waals surface area (Å²) in [4.78, 5) is 3.28. The summed E-state index contributed by atoms with van der Waals surface area (Å²) in [5.41, 5.74) is 0. The van der Waals surface area contributed by atoms with E-state index in [4.69, 9.17) is 22.2 Å². The van der Waals surface area contributed by atoms with E-state index in [-0.39, 0.29) is 0 Å². The molecule has 0 radical (unpaired) electrons. The molecule has 1 rings (SSSR count). The molecular weight excluding hydrogens is 209 g/mol. The normalized spacial score (nSPS) is 23.0. The highest BCUT2D eigenvalue weighted by molar-refractivity contribution is 7.32. The number of halogens is 2. The molecule has 0 aliphatic heterocycles. The molecule has 0 amide bonds. The van der Waals surface area contributed by atoms with Crippen molar-refractivity contribution in [3.05, 3.63) is 0 Å². The van der Waals surface area contributed by atoms with Gasteiger partial charge >= 0.3 is 7.58 Å². The first-order chi connectivity index (χ1) is 5.70. The van der Waals surface area contributed by atoms with Crippen LogP contribution in [0.3, 0.4) is 0 Å². The lowest BCUT2D eigenvalue weighted by Gasteiger charge is -2.28. The molecule has 0 aromatic heterocycles. The second kappa shape index (κ2) is 5.48. The van der Waals surface area contributed by atoms with Gasteiger partial charge in [-0.1, -0.05) is 26.2 Å². The molecular formula is C8H17Cl2NSi. The maximum Gasteiger partial charge on any atom is 0.307 e. The summed E-state index contributed by atoms with van der Waals surface area (Å²) >= 11 is 11.6. The van der Waals surface area contributed by atoms with Crippen molar-refractivity contribution >= 4 is 29.7 Å². The molecule has 0 aromatic rings. The molecule has 72 valence electrons. The van der Waals surface area contributed by atoms with Crippen LogP contribution in [0.4, 0.5) is 0 Å². The third kappa shape index (κ3) is 3.65. The standard InChI is InChI=1S/C8H17Cl2NSi/c1-7(11-12(9)10)8-5-3-2-4-6-8/h7-8,11-12H,2-6H2,1H3. The predicted octanol–water partition coefficient (Wildman–Crippen LogP) is 2.74. The van der Waals surface area contributed by atoms with Gasteiger partial charge in [0.1, 0.15) is 0 Å². The maximum atomic E-state index is 5.79. The van der Waals surface area contributed by atoms with Gasteiger partial charge in [0.2, 0.25) is 0 Å². The van der Waals surface area contributed by atoms with Gasteiger partial charge in [0.15, 0.2) is 0 Å². The van der Waals surface area contributed by atoms with Crippen molar-refractivity contribution < 1.29 is 0 Å². The van der Waals surface area contributed by atoms with Crippen LogP contribution in [0.5, 0.6) is 0 Å². The maximum absolute atomic E-state index is 5.79. The van der Waals surface area contributed by atoms with E-state index in [2.05, 4.69) is 11.9 Å². The predicted molar refractivity (Wildman–Crippen MR) is 58.0 cm³/mol. The first-order valence-electron chi connectivity index (χ1n) is 4.74. The van der Waals surface area contributed by atoms with Gasteiger partial charge in [-0.15, -0.1) is 22.2 Å². The molecule has 0 aromatic carbocycles. The Hall–Kier alpha value is 0.757. The van der Waals surface area contributed by atoms with Crippen LogP contribution in [0.1, 0.15) is 39.0 Å². The van der Waals surface area contributed by atoms with Crippen LogP contribution < -0.4 is 4.98 Å². The summed E-state index contributed by atoms with van der Waals surface area (Å²) in [6.45, 7) is 2.21. The van der Waals surface area contributed by atoms with Crippen LogP contribution in [-0.2, 0) is 0 Å². The first kappa shape index (κ1) is 10.8. The second-order valence-electron chi connectivity index (χ2n) is 3.65. The highest BCUT2D eigenvalue weighted by Gasteiger charge is 2.21. The monoisotopic (exact) mass is 225 g/mol. The minimum absolute atomic E-state index is 0.525. The quantitative estimate of drug-likeness (QED) is 0.576. The summed E-state index contributed by atoms with van der Waals surface area (Å²) in [5, 5.41) is 0. The highest BCUT2D eigenvalue weighted by Crippen LogP contribution is 2.26. The average molecular weight is 226 g/mol. The van der Waals surface area contributed by atoms with Crippen molar-refractivity contribution in [3.63, 3.8) is 0 Å². The van der Waals surface area contributed by atoms with Crippen molar-refractivity contribution in [1.82, 2.24) is 4.98 Å². The molecule has 1 saturated carbocycles. The number of hydrogen-bond donors (Lipinski definition) is 1. The summed E-state index contributed by atoms with van der Waals surface area (Å²) in [6.07, 6.45) is 6.87. The van der Waals surface area contributed by atoms with E-state index in [9.17, 15) is 0 Å². The Morgan fingerprint density at radius 2 is 1.83 bits per heavy atom. The molecule has 1 aliphatic carbocycles. The van der Waals surface area contributed by atoms with Gasteiger partial charge in [0.25, 0.3) is 0 Å². The number of hydrogen-bond acceptors (Lipinski definition) is 1. The SMILES string of the molecule is CC(N[SiH](Cl)Cl)C1CCCCC1. The molecule has 0 spiro atoms. The Morgan fingerprint density at radius 3 is 2.33 bits per heavy atom. The van der Waals surface area contributed by atoms with E-state index in [1.54, 1.807) is 0 Å². The van der Waals surface area contributed by atoms with E-state index >= 15 is 0 Å². The van der Waals surface area contributed by atoms with Crippen LogP contribution in [0, 0.1) is 5.92 Å². The number of nitrogens with one attached hydrogen (secondary N) is 1. The fourth-order valence-corrected chi connectivity index (χ4v) is 3.83. The molecule has 1 aliphatic rings. The number of rotatable bonds is 3. The van der Waals surface area contributed by atoms with Crippen LogP contribution >= 0.6 is 22.2 Å². The van der Waals surface area contributed by atoms with E-state index in [0.717, 1.165) is 5.92 Å². The Morgan fingerprint density at radius 1 is 1.25 bits per heavy atom. The molecule has 0 bridgehead atoms. The third-order valence-corrected chi connectivity index (χ3v) is 4.28. The zero-order valence-corrected chi connectivity index (χ0v) is 10.2. The van der Waals surface area contributed by atoms with E-state index < -0.39 is 7.58 Å². The molecule has 1 atom stereocenters. The van der Waals surface area contributed by atoms with Crippen LogP contribution in [0.15, 0.2) is 0 Å². The topological polar surface area (TPSA) is 12.0 Å². The smallest absolute Gasteiger partial charge is 0.307 e. The van der Waals surface area contributed by atoms with E-state index in [1.807, 2.05) is 0 Å². The van der Waals surface area contributed by atoms with Crippen molar-refractivity contribution in [2.24, 2.45) is 5.92 Å². The van der Waals surface area contributed by atoms with Crippen molar-refractivity contribution in [3.8, 4) is 0 Å².